The summed E-state index contributed by atoms with van der Waals surface area (Å²) in [5, 5.41) is 10.9. The highest BCUT2D eigenvalue weighted by atomic mass is 32.2. The number of aromatic nitrogens is 4. The number of aromatic amines is 1. The number of amides is 1. The zero-order valence-corrected chi connectivity index (χ0v) is 19.5. The molecule has 0 spiro atoms. The molecule has 166 valence electrons. The SMILES string of the molecule is CC(C)N(C(=O)CSc1nnc(-c2c[nH]c3ccccc23)n1CC1CCCO1)C(C)C. The third kappa shape index (κ3) is 4.65. The molecule has 0 radical (unpaired) electrons. The highest BCUT2D eigenvalue weighted by Crippen LogP contribution is 2.31. The topological polar surface area (TPSA) is 76.0 Å². The van der Waals surface area contributed by atoms with E-state index in [1.807, 2.05) is 23.2 Å². The van der Waals surface area contributed by atoms with Gasteiger partial charge in [0.1, 0.15) is 0 Å². The zero-order valence-electron chi connectivity index (χ0n) is 18.7. The van der Waals surface area contributed by atoms with Crippen molar-refractivity contribution in [1.29, 1.82) is 0 Å². The summed E-state index contributed by atoms with van der Waals surface area (Å²) in [6.07, 6.45) is 4.24. The van der Waals surface area contributed by atoms with Crippen LogP contribution in [0.3, 0.4) is 0 Å². The van der Waals surface area contributed by atoms with E-state index in [9.17, 15) is 4.79 Å². The van der Waals surface area contributed by atoms with Gasteiger partial charge in [0.2, 0.25) is 5.91 Å². The number of nitrogens with zero attached hydrogens (tertiary/aromatic N) is 4. The van der Waals surface area contributed by atoms with Crippen molar-refractivity contribution in [3.8, 4) is 11.4 Å². The number of benzene rings is 1. The molecule has 0 bridgehead atoms. The lowest BCUT2D eigenvalue weighted by Gasteiger charge is -2.30. The summed E-state index contributed by atoms with van der Waals surface area (Å²) in [6.45, 7) is 9.70. The van der Waals surface area contributed by atoms with Gasteiger partial charge in [-0.05, 0) is 46.6 Å². The standard InChI is InChI=1S/C23H31N5O2S/c1-15(2)28(16(3)4)21(29)14-31-23-26-25-22(27(23)13-17-8-7-11-30-17)19-12-24-20-10-6-5-9-18(19)20/h5-6,9-10,12,15-17,24H,7-8,11,13-14H2,1-4H3. The van der Waals surface area contributed by atoms with E-state index >= 15 is 0 Å². The van der Waals surface area contributed by atoms with Crippen molar-refractivity contribution in [1.82, 2.24) is 24.6 Å². The molecule has 3 aromatic rings. The number of fused-ring (bicyclic) bond motifs is 1. The maximum absolute atomic E-state index is 12.9. The van der Waals surface area contributed by atoms with E-state index in [0.717, 1.165) is 46.9 Å². The molecule has 1 amide bonds. The van der Waals surface area contributed by atoms with Crippen LogP contribution in [-0.2, 0) is 16.1 Å². The minimum absolute atomic E-state index is 0.121. The van der Waals surface area contributed by atoms with E-state index in [2.05, 4.69) is 59.6 Å². The lowest BCUT2D eigenvalue weighted by Crippen LogP contribution is -2.43. The first-order valence-corrected chi connectivity index (χ1v) is 12.0. The van der Waals surface area contributed by atoms with Crippen molar-refractivity contribution in [2.75, 3.05) is 12.4 Å². The quantitative estimate of drug-likeness (QED) is 0.526. The fourth-order valence-electron chi connectivity index (χ4n) is 4.38. The number of rotatable bonds is 8. The predicted molar refractivity (Wildman–Crippen MR) is 124 cm³/mol. The predicted octanol–water partition coefficient (Wildman–Crippen LogP) is 4.34. The Balaban J connectivity index is 1.62. The average molecular weight is 442 g/mol. The largest absolute Gasteiger partial charge is 0.376 e. The number of para-hydroxylation sites is 1. The molecule has 1 aliphatic heterocycles. The molecule has 2 aromatic heterocycles. The maximum atomic E-state index is 12.9. The normalized spacial score (nSPS) is 16.6. The summed E-state index contributed by atoms with van der Waals surface area (Å²) in [5.41, 5.74) is 2.09. The maximum Gasteiger partial charge on any atom is 0.233 e. The summed E-state index contributed by atoms with van der Waals surface area (Å²) in [7, 11) is 0. The number of ether oxygens (including phenoxy) is 1. The molecule has 8 heteroatoms. The van der Waals surface area contributed by atoms with Crippen LogP contribution in [-0.4, -0.2) is 61.1 Å². The summed E-state index contributed by atoms with van der Waals surface area (Å²) in [4.78, 5) is 18.1. The van der Waals surface area contributed by atoms with Crippen LogP contribution in [0, 0.1) is 0 Å². The monoisotopic (exact) mass is 441 g/mol. The van der Waals surface area contributed by atoms with Crippen LogP contribution < -0.4 is 0 Å². The molecule has 1 atom stereocenters. The number of hydrogen-bond acceptors (Lipinski definition) is 5. The molecule has 1 N–H and O–H groups in total. The molecule has 0 aliphatic carbocycles. The molecule has 0 saturated carbocycles. The zero-order chi connectivity index (χ0) is 22.0. The van der Waals surface area contributed by atoms with E-state index in [0.29, 0.717) is 12.3 Å². The molecule has 7 nitrogen and oxygen atoms in total. The Bertz CT molecular complexity index is 1030. The summed E-state index contributed by atoms with van der Waals surface area (Å²) in [6, 6.07) is 8.52. The smallest absolute Gasteiger partial charge is 0.233 e. The lowest BCUT2D eigenvalue weighted by molar-refractivity contribution is -0.131. The van der Waals surface area contributed by atoms with Crippen LogP contribution in [0.1, 0.15) is 40.5 Å². The molecule has 4 rings (SSSR count). The fourth-order valence-corrected chi connectivity index (χ4v) is 5.20. The Labute approximate surface area is 187 Å². The van der Waals surface area contributed by atoms with Crippen LogP contribution in [0.25, 0.3) is 22.3 Å². The van der Waals surface area contributed by atoms with Gasteiger partial charge in [0.25, 0.3) is 0 Å². The molecule has 1 aliphatic rings. The first kappa shape index (κ1) is 21.9. The molecule has 31 heavy (non-hydrogen) atoms. The number of hydrogen-bond donors (Lipinski definition) is 1. The van der Waals surface area contributed by atoms with Crippen LogP contribution >= 0.6 is 11.8 Å². The van der Waals surface area contributed by atoms with Crippen molar-refractivity contribution in [2.24, 2.45) is 0 Å². The molecule has 1 aromatic carbocycles. The van der Waals surface area contributed by atoms with Crippen LogP contribution in [0.2, 0.25) is 0 Å². The Kier molecular flexibility index (Phi) is 6.67. The number of carbonyl (C=O) groups excluding carboxylic acids is 1. The number of nitrogens with one attached hydrogen (secondary N) is 1. The second-order valence-electron chi connectivity index (χ2n) is 8.58. The van der Waals surface area contributed by atoms with Crippen molar-refractivity contribution in [2.45, 2.75) is 70.4 Å². The molecule has 1 unspecified atom stereocenters. The van der Waals surface area contributed by atoms with E-state index in [-0.39, 0.29) is 24.1 Å². The second-order valence-corrected chi connectivity index (χ2v) is 9.52. The third-order valence-corrected chi connectivity index (χ3v) is 6.63. The van der Waals surface area contributed by atoms with E-state index in [1.165, 1.54) is 11.8 Å². The molecular formula is C23H31N5O2S. The summed E-state index contributed by atoms with van der Waals surface area (Å²) in [5.74, 6) is 1.27. The van der Waals surface area contributed by atoms with Crippen LogP contribution in [0.15, 0.2) is 35.6 Å². The number of H-pyrrole nitrogens is 1. The van der Waals surface area contributed by atoms with Crippen LogP contribution in [0.5, 0.6) is 0 Å². The van der Waals surface area contributed by atoms with Gasteiger partial charge in [-0.1, -0.05) is 30.0 Å². The number of thioether (sulfide) groups is 1. The van der Waals surface area contributed by atoms with Gasteiger partial charge in [0.05, 0.1) is 18.4 Å². The van der Waals surface area contributed by atoms with Gasteiger partial charge in [-0.15, -0.1) is 10.2 Å². The first-order chi connectivity index (χ1) is 15.0. The second kappa shape index (κ2) is 9.44. The van der Waals surface area contributed by atoms with Gasteiger partial charge in [0, 0.05) is 41.4 Å². The summed E-state index contributed by atoms with van der Waals surface area (Å²) < 4.78 is 8.02. The van der Waals surface area contributed by atoms with E-state index in [1.54, 1.807) is 0 Å². The highest BCUT2D eigenvalue weighted by molar-refractivity contribution is 7.99. The minimum Gasteiger partial charge on any atom is -0.376 e. The third-order valence-electron chi connectivity index (χ3n) is 5.68. The molecule has 3 heterocycles. The Morgan fingerprint density at radius 2 is 2.03 bits per heavy atom. The fraction of sp³-hybridized carbons (Fsp3) is 0.522. The number of carbonyl (C=O) groups is 1. The molecule has 1 fully saturated rings. The van der Waals surface area contributed by atoms with Gasteiger partial charge in [-0.2, -0.15) is 0 Å². The lowest BCUT2D eigenvalue weighted by atomic mass is 10.1. The van der Waals surface area contributed by atoms with Gasteiger partial charge < -0.3 is 14.6 Å². The Morgan fingerprint density at radius 3 is 2.74 bits per heavy atom. The molecular weight excluding hydrogens is 410 g/mol. The van der Waals surface area contributed by atoms with Crippen molar-refractivity contribution < 1.29 is 9.53 Å². The Hall–Kier alpha value is -2.32. The highest BCUT2D eigenvalue weighted by Gasteiger charge is 2.25. The molecule has 1 saturated heterocycles. The van der Waals surface area contributed by atoms with E-state index in [4.69, 9.17) is 4.74 Å². The van der Waals surface area contributed by atoms with Crippen molar-refractivity contribution >= 4 is 28.6 Å². The minimum atomic E-state index is 0.121. The van der Waals surface area contributed by atoms with Crippen molar-refractivity contribution in [3.63, 3.8) is 0 Å². The van der Waals surface area contributed by atoms with Crippen molar-refractivity contribution in [3.05, 3.63) is 30.5 Å². The van der Waals surface area contributed by atoms with Gasteiger partial charge in [-0.3, -0.25) is 9.36 Å². The van der Waals surface area contributed by atoms with E-state index < -0.39 is 0 Å². The average Bonchev–Trinajstić information content (AvgIpc) is 3.46. The van der Waals surface area contributed by atoms with Gasteiger partial charge >= 0.3 is 0 Å². The van der Waals surface area contributed by atoms with Gasteiger partial charge in [-0.25, -0.2) is 0 Å². The summed E-state index contributed by atoms with van der Waals surface area (Å²) >= 11 is 1.46. The van der Waals surface area contributed by atoms with Crippen LogP contribution in [0.4, 0.5) is 0 Å². The first-order valence-electron chi connectivity index (χ1n) is 11.0. The Morgan fingerprint density at radius 1 is 1.26 bits per heavy atom. The van der Waals surface area contributed by atoms with Gasteiger partial charge in [0.15, 0.2) is 11.0 Å².